The number of rotatable bonds is 3. The van der Waals surface area contributed by atoms with Crippen LogP contribution in [0.1, 0.15) is 32.4 Å². The van der Waals surface area contributed by atoms with Gasteiger partial charge in [0.15, 0.2) is 5.82 Å². The summed E-state index contributed by atoms with van der Waals surface area (Å²) in [6.45, 7) is 6.40. The summed E-state index contributed by atoms with van der Waals surface area (Å²) >= 11 is 6.02. The molecule has 18 heavy (non-hydrogen) atoms. The minimum atomic E-state index is 0.254. The van der Waals surface area contributed by atoms with Crippen molar-refractivity contribution < 1.29 is 4.52 Å². The number of hydrogen-bond acceptors (Lipinski definition) is 3. The number of benzene rings is 1. The van der Waals surface area contributed by atoms with E-state index in [4.69, 9.17) is 21.9 Å². The van der Waals surface area contributed by atoms with Gasteiger partial charge in [-0.25, -0.2) is 0 Å². The van der Waals surface area contributed by atoms with Crippen LogP contribution in [0.3, 0.4) is 0 Å². The Kier molecular flexibility index (Phi) is 3.62. The summed E-state index contributed by atoms with van der Waals surface area (Å²) in [5.74, 6) is 1.95. The first-order chi connectivity index (χ1) is 8.50. The molecule has 1 unspecified atom stereocenters. The molecule has 3 nitrogen and oxygen atoms in total. The van der Waals surface area contributed by atoms with E-state index in [1.54, 1.807) is 0 Å². The summed E-state index contributed by atoms with van der Waals surface area (Å²) in [5.41, 5.74) is 7.72. The monoisotopic (exact) mass is 264 g/mol. The zero-order valence-electron chi connectivity index (χ0n) is 10.8. The van der Waals surface area contributed by atoms with E-state index in [9.17, 15) is 0 Å². The molecule has 0 aliphatic heterocycles. The Morgan fingerprint density at radius 3 is 2.61 bits per heavy atom. The number of anilines is 1. The molecule has 0 aliphatic carbocycles. The average molecular weight is 265 g/mol. The van der Waals surface area contributed by atoms with Crippen LogP contribution in [0.15, 0.2) is 28.8 Å². The molecule has 0 saturated heterocycles. The lowest BCUT2D eigenvalue weighted by molar-refractivity contribution is 0.341. The Bertz CT molecular complexity index is 548. The zero-order valence-corrected chi connectivity index (χ0v) is 11.5. The standard InChI is InChI=1S/C14H17ClN2O/c1-8(2)9(3)13-12(14(16)17-18-13)10-5-4-6-11(15)7-10/h4-9H,1-3H3,(H2,16,17). The molecular weight excluding hydrogens is 248 g/mol. The van der Waals surface area contributed by atoms with Crippen molar-refractivity contribution in [3.63, 3.8) is 0 Å². The van der Waals surface area contributed by atoms with Gasteiger partial charge in [0.25, 0.3) is 0 Å². The van der Waals surface area contributed by atoms with Crippen molar-refractivity contribution in [2.45, 2.75) is 26.7 Å². The molecule has 4 heteroatoms. The van der Waals surface area contributed by atoms with Gasteiger partial charge in [-0.15, -0.1) is 0 Å². The fraction of sp³-hybridized carbons (Fsp3) is 0.357. The first-order valence-electron chi connectivity index (χ1n) is 6.01. The molecule has 0 bridgehead atoms. The van der Waals surface area contributed by atoms with Gasteiger partial charge in [-0.1, -0.05) is 49.7 Å². The lowest BCUT2D eigenvalue weighted by Gasteiger charge is -2.13. The van der Waals surface area contributed by atoms with Gasteiger partial charge in [0.2, 0.25) is 0 Å². The van der Waals surface area contributed by atoms with Gasteiger partial charge in [0, 0.05) is 10.9 Å². The molecule has 1 aromatic heterocycles. The molecule has 0 saturated carbocycles. The molecule has 0 radical (unpaired) electrons. The third kappa shape index (κ3) is 2.36. The Balaban J connectivity index is 2.53. The van der Waals surface area contributed by atoms with Gasteiger partial charge in [0.1, 0.15) is 5.76 Å². The number of nitrogens with two attached hydrogens (primary N) is 1. The van der Waals surface area contributed by atoms with Gasteiger partial charge in [-0.2, -0.15) is 0 Å². The topological polar surface area (TPSA) is 52.0 Å². The van der Waals surface area contributed by atoms with E-state index in [0.29, 0.717) is 16.8 Å². The molecule has 2 aromatic rings. The van der Waals surface area contributed by atoms with E-state index in [1.165, 1.54) is 0 Å². The lowest BCUT2D eigenvalue weighted by atomic mass is 9.91. The van der Waals surface area contributed by atoms with Crippen LogP contribution in [-0.2, 0) is 0 Å². The fourth-order valence-electron chi connectivity index (χ4n) is 1.86. The summed E-state index contributed by atoms with van der Waals surface area (Å²) in [7, 11) is 0. The van der Waals surface area contributed by atoms with Crippen molar-refractivity contribution in [3.05, 3.63) is 35.0 Å². The molecule has 2 N–H and O–H groups in total. The summed E-state index contributed by atoms with van der Waals surface area (Å²) in [4.78, 5) is 0. The Labute approximate surface area is 112 Å². The number of nitrogens with zero attached hydrogens (tertiary/aromatic N) is 1. The molecule has 0 fully saturated rings. The van der Waals surface area contributed by atoms with Crippen molar-refractivity contribution >= 4 is 17.4 Å². The van der Waals surface area contributed by atoms with Gasteiger partial charge in [-0.05, 0) is 23.6 Å². The predicted molar refractivity (Wildman–Crippen MR) is 74.6 cm³/mol. The third-order valence-corrected chi connectivity index (χ3v) is 3.51. The average Bonchev–Trinajstić information content (AvgIpc) is 2.70. The highest BCUT2D eigenvalue weighted by Gasteiger charge is 2.23. The van der Waals surface area contributed by atoms with Crippen LogP contribution in [0.4, 0.5) is 5.82 Å². The van der Waals surface area contributed by atoms with Crippen molar-refractivity contribution in [2.75, 3.05) is 5.73 Å². The van der Waals surface area contributed by atoms with Crippen molar-refractivity contribution in [1.82, 2.24) is 5.16 Å². The van der Waals surface area contributed by atoms with Gasteiger partial charge in [0.05, 0.1) is 5.56 Å². The second-order valence-electron chi connectivity index (χ2n) is 4.85. The van der Waals surface area contributed by atoms with Crippen LogP contribution >= 0.6 is 11.6 Å². The second-order valence-corrected chi connectivity index (χ2v) is 5.29. The van der Waals surface area contributed by atoms with E-state index in [1.807, 2.05) is 24.3 Å². The maximum atomic E-state index is 6.02. The van der Waals surface area contributed by atoms with Crippen LogP contribution in [0.5, 0.6) is 0 Å². The minimum Gasteiger partial charge on any atom is -0.380 e. The first kappa shape index (κ1) is 13.0. The zero-order chi connectivity index (χ0) is 13.3. The third-order valence-electron chi connectivity index (χ3n) is 3.27. The van der Waals surface area contributed by atoms with Crippen LogP contribution < -0.4 is 5.73 Å². The second kappa shape index (κ2) is 5.02. The normalized spacial score (nSPS) is 12.9. The smallest absolute Gasteiger partial charge is 0.175 e. The summed E-state index contributed by atoms with van der Waals surface area (Å²) in [6, 6.07) is 7.57. The predicted octanol–water partition coefficient (Wildman–Crippen LogP) is 4.34. The molecule has 1 aromatic carbocycles. The van der Waals surface area contributed by atoms with E-state index in [2.05, 4.69) is 25.9 Å². The first-order valence-corrected chi connectivity index (χ1v) is 6.39. The van der Waals surface area contributed by atoms with Crippen LogP contribution in [0.25, 0.3) is 11.1 Å². The minimum absolute atomic E-state index is 0.254. The van der Waals surface area contributed by atoms with E-state index >= 15 is 0 Å². The van der Waals surface area contributed by atoms with E-state index in [0.717, 1.165) is 16.9 Å². The van der Waals surface area contributed by atoms with Gasteiger partial charge in [-0.3, -0.25) is 0 Å². The van der Waals surface area contributed by atoms with Crippen LogP contribution in [-0.4, -0.2) is 5.16 Å². The molecule has 1 atom stereocenters. The molecule has 96 valence electrons. The maximum Gasteiger partial charge on any atom is 0.175 e. The highest BCUT2D eigenvalue weighted by Crippen LogP contribution is 2.37. The molecule has 0 amide bonds. The molecule has 0 spiro atoms. The van der Waals surface area contributed by atoms with Crippen LogP contribution in [0.2, 0.25) is 5.02 Å². The van der Waals surface area contributed by atoms with Gasteiger partial charge >= 0.3 is 0 Å². The number of halogens is 1. The number of nitrogen functional groups attached to an aromatic ring is 1. The number of aromatic nitrogens is 1. The van der Waals surface area contributed by atoms with E-state index in [-0.39, 0.29) is 5.92 Å². The molecule has 2 rings (SSSR count). The molecule has 1 heterocycles. The van der Waals surface area contributed by atoms with Crippen molar-refractivity contribution in [1.29, 1.82) is 0 Å². The van der Waals surface area contributed by atoms with Gasteiger partial charge < -0.3 is 10.3 Å². The largest absolute Gasteiger partial charge is 0.380 e. The highest BCUT2D eigenvalue weighted by atomic mass is 35.5. The van der Waals surface area contributed by atoms with Crippen molar-refractivity contribution in [3.8, 4) is 11.1 Å². The Hall–Kier alpha value is -1.48. The quantitative estimate of drug-likeness (QED) is 0.897. The molecular formula is C14H17ClN2O. The van der Waals surface area contributed by atoms with Crippen molar-refractivity contribution in [2.24, 2.45) is 5.92 Å². The van der Waals surface area contributed by atoms with E-state index < -0.39 is 0 Å². The molecule has 0 aliphatic rings. The SMILES string of the molecule is CC(C)C(C)c1onc(N)c1-c1cccc(Cl)c1. The summed E-state index contributed by atoms with van der Waals surface area (Å²) in [5, 5.41) is 4.56. The fourth-order valence-corrected chi connectivity index (χ4v) is 2.05. The Morgan fingerprint density at radius 2 is 2.00 bits per heavy atom. The highest BCUT2D eigenvalue weighted by molar-refractivity contribution is 6.30. The lowest BCUT2D eigenvalue weighted by Crippen LogP contribution is -2.02. The number of hydrogen-bond donors (Lipinski definition) is 1. The van der Waals surface area contributed by atoms with Crippen LogP contribution in [0, 0.1) is 5.92 Å². The summed E-state index contributed by atoms with van der Waals surface area (Å²) < 4.78 is 5.39. The maximum absolute atomic E-state index is 6.02. The Morgan fingerprint density at radius 1 is 1.28 bits per heavy atom. The summed E-state index contributed by atoms with van der Waals surface area (Å²) in [6.07, 6.45) is 0.